The number of anilines is 1. The van der Waals surface area contributed by atoms with Crippen molar-refractivity contribution in [1.29, 1.82) is 0 Å². The summed E-state index contributed by atoms with van der Waals surface area (Å²) in [5.74, 6) is 0. The Bertz CT molecular complexity index is 482. The van der Waals surface area contributed by atoms with E-state index in [9.17, 15) is 18.9 Å². The highest BCUT2D eigenvalue weighted by atomic mass is 19.3. The van der Waals surface area contributed by atoms with E-state index in [0.29, 0.717) is 0 Å². The highest BCUT2D eigenvalue weighted by Crippen LogP contribution is 2.32. The van der Waals surface area contributed by atoms with Gasteiger partial charge in [-0.1, -0.05) is 0 Å². The Labute approximate surface area is 108 Å². The van der Waals surface area contributed by atoms with E-state index < -0.39 is 11.3 Å². The Morgan fingerprint density at radius 2 is 2.16 bits per heavy atom. The number of benzene rings is 1. The molecule has 1 aromatic carbocycles. The molecule has 0 aliphatic heterocycles. The summed E-state index contributed by atoms with van der Waals surface area (Å²) >= 11 is 0. The maximum Gasteiger partial charge on any atom is 0.270 e. The van der Waals surface area contributed by atoms with Gasteiger partial charge in [0.1, 0.15) is 0 Å². The summed E-state index contributed by atoms with van der Waals surface area (Å²) in [4.78, 5) is 9.92. The van der Waals surface area contributed by atoms with E-state index in [0.717, 1.165) is 25.3 Å². The zero-order chi connectivity index (χ0) is 14.0. The second-order valence-electron chi connectivity index (χ2n) is 4.67. The largest absolute Gasteiger partial charge is 0.380 e. The van der Waals surface area contributed by atoms with Gasteiger partial charge in [-0.25, -0.2) is 8.78 Å². The fourth-order valence-electron chi connectivity index (χ4n) is 2.34. The number of non-ortho nitro benzene ring substituents is 1. The summed E-state index contributed by atoms with van der Waals surface area (Å²) in [7, 11) is 0. The zero-order valence-electron chi connectivity index (χ0n) is 10.2. The molecule has 1 aromatic rings. The molecule has 1 fully saturated rings. The summed E-state index contributed by atoms with van der Waals surface area (Å²) < 4.78 is 25.9. The van der Waals surface area contributed by atoms with Gasteiger partial charge >= 0.3 is 0 Å². The van der Waals surface area contributed by atoms with Gasteiger partial charge in [-0.05, 0) is 25.3 Å². The average molecular weight is 271 g/mol. The number of hydrogen-bond donors (Lipinski definition) is 2. The third-order valence-electron chi connectivity index (χ3n) is 3.39. The van der Waals surface area contributed by atoms with Crippen LogP contribution in [0.4, 0.5) is 20.2 Å². The fraction of sp³-hybridized carbons (Fsp3) is 0.500. The lowest BCUT2D eigenvalue weighted by Gasteiger charge is -2.20. The number of nitro benzene ring substituents is 1. The smallest absolute Gasteiger partial charge is 0.270 e. The van der Waals surface area contributed by atoms with Crippen LogP contribution in [-0.4, -0.2) is 17.0 Å². The molecular formula is C12H15F2N3O2. The SMILES string of the molecule is NC1CCCC1Nc1ccc([N+](=O)[O-])cc1C(F)F. The van der Waals surface area contributed by atoms with E-state index in [1.165, 1.54) is 12.1 Å². The molecule has 3 N–H and O–H groups in total. The van der Waals surface area contributed by atoms with Crippen LogP contribution in [0.3, 0.4) is 0 Å². The van der Waals surface area contributed by atoms with Crippen molar-refractivity contribution in [3.8, 4) is 0 Å². The second kappa shape index (κ2) is 5.48. The van der Waals surface area contributed by atoms with Gasteiger partial charge in [0, 0.05) is 35.5 Å². The van der Waals surface area contributed by atoms with Crippen LogP contribution in [0.2, 0.25) is 0 Å². The first-order valence-electron chi connectivity index (χ1n) is 6.07. The molecule has 0 amide bonds. The zero-order valence-corrected chi connectivity index (χ0v) is 10.2. The average Bonchev–Trinajstić information content (AvgIpc) is 2.75. The number of hydrogen-bond acceptors (Lipinski definition) is 4. The van der Waals surface area contributed by atoms with Gasteiger partial charge < -0.3 is 11.1 Å². The number of nitrogens with zero attached hydrogens (tertiary/aromatic N) is 1. The van der Waals surface area contributed by atoms with E-state index in [-0.39, 0.29) is 29.0 Å². The predicted octanol–water partition coefficient (Wildman–Crippen LogP) is 2.82. The Morgan fingerprint density at radius 3 is 2.68 bits per heavy atom. The van der Waals surface area contributed by atoms with E-state index >= 15 is 0 Å². The highest BCUT2D eigenvalue weighted by Gasteiger charge is 2.26. The van der Waals surface area contributed by atoms with E-state index in [4.69, 9.17) is 5.73 Å². The summed E-state index contributed by atoms with van der Waals surface area (Å²) in [5, 5.41) is 13.6. The molecule has 0 heterocycles. The molecular weight excluding hydrogens is 256 g/mol. The molecule has 0 bridgehead atoms. The molecule has 0 radical (unpaired) electrons. The van der Waals surface area contributed by atoms with Gasteiger partial charge in [-0.3, -0.25) is 10.1 Å². The number of rotatable bonds is 4. The Hall–Kier alpha value is -1.76. The van der Waals surface area contributed by atoms with Gasteiger partial charge in [0.15, 0.2) is 0 Å². The van der Waals surface area contributed by atoms with E-state index in [1.54, 1.807) is 0 Å². The molecule has 1 aliphatic carbocycles. The van der Waals surface area contributed by atoms with Gasteiger partial charge in [-0.2, -0.15) is 0 Å². The lowest BCUT2D eigenvalue weighted by molar-refractivity contribution is -0.385. The van der Waals surface area contributed by atoms with Crippen molar-refractivity contribution in [2.75, 3.05) is 5.32 Å². The standard InChI is InChI=1S/C12H15F2N3O2/c13-12(14)8-6-7(17(18)19)4-5-10(8)16-11-3-1-2-9(11)15/h4-6,9,11-12,16H,1-3,15H2. The summed E-state index contributed by atoms with van der Waals surface area (Å²) in [5.41, 5.74) is 5.41. The van der Waals surface area contributed by atoms with Gasteiger partial charge in [0.25, 0.3) is 12.1 Å². The van der Waals surface area contributed by atoms with Crippen molar-refractivity contribution in [2.24, 2.45) is 5.73 Å². The first kappa shape index (κ1) is 13.7. The van der Waals surface area contributed by atoms with Crippen molar-refractivity contribution >= 4 is 11.4 Å². The molecule has 0 spiro atoms. The lowest BCUT2D eigenvalue weighted by Crippen LogP contribution is -2.35. The fourth-order valence-corrected chi connectivity index (χ4v) is 2.34. The first-order chi connectivity index (χ1) is 8.99. The summed E-state index contributed by atoms with van der Waals surface area (Å²) in [6, 6.07) is 3.33. The molecule has 0 aromatic heterocycles. The number of halogens is 2. The van der Waals surface area contributed by atoms with Crippen LogP contribution >= 0.6 is 0 Å². The van der Waals surface area contributed by atoms with Crippen LogP contribution in [0.25, 0.3) is 0 Å². The molecule has 19 heavy (non-hydrogen) atoms. The first-order valence-corrected chi connectivity index (χ1v) is 6.07. The van der Waals surface area contributed by atoms with Crippen molar-refractivity contribution in [2.45, 2.75) is 37.8 Å². The van der Waals surface area contributed by atoms with Crippen molar-refractivity contribution < 1.29 is 13.7 Å². The summed E-state index contributed by atoms with van der Waals surface area (Å²) in [6.45, 7) is 0. The third-order valence-corrected chi connectivity index (χ3v) is 3.39. The van der Waals surface area contributed by atoms with Crippen LogP contribution in [-0.2, 0) is 0 Å². The molecule has 5 nitrogen and oxygen atoms in total. The highest BCUT2D eigenvalue weighted by molar-refractivity contribution is 5.57. The number of alkyl halides is 2. The predicted molar refractivity (Wildman–Crippen MR) is 67.3 cm³/mol. The topological polar surface area (TPSA) is 81.2 Å². The Kier molecular flexibility index (Phi) is 3.94. The molecule has 1 saturated carbocycles. The molecule has 2 unspecified atom stereocenters. The van der Waals surface area contributed by atoms with Crippen molar-refractivity contribution in [3.05, 3.63) is 33.9 Å². The summed E-state index contributed by atoms with van der Waals surface area (Å²) in [6.07, 6.45) is -0.134. The van der Waals surface area contributed by atoms with E-state index in [2.05, 4.69) is 5.32 Å². The number of nitrogens with one attached hydrogen (secondary N) is 1. The van der Waals surface area contributed by atoms with Crippen LogP contribution in [0, 0.1) is 10.1 Å². The minimum absolute atomic E-state index is 0.0565. The van der Waals surface area contributed by atoms with Crippen molar-refractivity contribution in [3.63, 3.8) is 0 Å². The van der Waals surface area contributed by atoms with Crippen LogP contribution in [0.5, 0.6) is 0 Å². The molecule has 7 heteroatoms. The maximum absolute atomic E-state index is 12.9. The van der Waals surface area contributed by atoms with Gasteiger partial charge in [0.2, 0.25) is 0 Å². The van der Waals surface area contributed by atoms with Gasteiger partial charge in [0.05, 0.1) is 4.92 Å². The van der Waals surface area contributed by atoms with Gasteiger partial charge in [-0.15, -0.1) is 0 Å². The Morgan fingerprint density at radius 1 is 1.42 bits per heavy atom. The lowest BCUT2D eigenvalue weighted by atomic mass is 10.1. The molecule has 2 rings (SSSR count). The molecule has 1 aliphatic rings. The third kappa shape index (κ3) is 2.98. The second-order valence-corrected chi connectivity index (χ2v) is 4.67. The van der Waals surface area contributed by atoms with Crippen molar-refractivity contribution in [1.82, 2.24) is 0 Å². The number of nitrogens with two attached hydrogens (primary N) is 1. The van der Waals surface area contributed by atoms with E-state index in [1.807, 2.05) is 0 Å². The Balaban J connectivity index is 2.26. The normalized spacial score (nSPS) is 22.7. The molecule has 104 valence electrons. The molecule has 2 atom stereocenters. The maximum atomic E-state index is 12.9. The van der Waals surface area contributed by atoms with Crippen LogP contribution in [0.15, 0.2) is 18.2 Å². The number of nitro groups is 1. The minimum atomic E-state index is -2.76. The van der Waals surface area contributed by atoms with Crippen LogP contribution in [0.1, 0.15) is 31.3 Å². The monoisotopic (exact) mass is 271 g/mol. The quantitative estimate of drug-likeness (QED) is 0.651. The molecule has 0 saturated heterocycles. The minimum Gasteiger partial charge on any atom is -0.380 e. The van der Waals surface area contributed by atoms with Crippen LogP contribution < -0.4 is 11.1 Å².